The first-order valence-corrected chi connectivity index (χ1v) is 5.24. The van der Waals surface area contributed by atoms with Crippen LogP contribution in [-0.2, 0) is 0 Å². The summed E-state index contributed by atoms with van der Waals surface area (Å²) in [5, 5.41) is 22.3. The van der Waals surface area contributed by atoms with Crippen LogP contribution in [0.1, 0.15) is 18.4 Å². The molecule has 0 spiro atoms. The molecule has 0 saturated heterocycles. The maximum atomic E-state index is 10.6. The van der Waals surface area contributed by atoms with Crippen molar-refractivity contribution < 1.29 is 10.0 Å². The summed E-state index contributed by atoms with van der Waals surface area (Å²) in [6.45, 7) is 2.71. The number of nitro benzene ring substituents is 1. The van der Waals surface area contributed by atoms with Gasteiger partial charge in [0.15, 0.2) is 0 Å². The van der Waals surface area contributed by atoms with Gasteiger partial charge in [-0.3, -0.25) is 10.1 Å². The monoisotopic (exact) mass is 224 g/mol. The molecule has 0 aromatic heterocycles. The first-order chi connectivity index (χ1) is 7.63. The van der Waals surface area contributed by atoms with E-state index in [0.29, 0.717) is 6.54 Å². The molecule has 0 radical (unpaired) electrons. The SMILES string of the molecule is Cc1cc(NCCCCO)cc([N+](=O)[O-])c1. The molecule has 5 heteroatoms. The maximum Gasteiger partial charge on any atom is 0.271 e. The average Bonchev–Trinajstić information content (AvgIpc) is 2.23. The molecule has 16 heavy (non-hydrogen) atoms. The molecule has 5 nitrogen and oxygen atoms in total. The number of benzene rings is 1. The van der Waals surface area contributed by atoms with E-state index in [1.165, 1.54) is 6.07 Å². The minimum absolute atomic E-state index is 0.102. The van der Waals surface area contributed by atoms with E-state index in [1.807, 2.05) is 13.0 Å². The second-order valence-corrected chi connectivity index (χ2v) is 3.67. The molecule has 0 saturated carbocycles. The van der Waals surface area contributed by atoms with Crippen LogP contribution in [-0.4, -0.2) is 23.2 Å². The van der Waals surface area contributed by atoms with Gasteiger partial charge in [-0.25, -0.2) is 0 Å². The summed E-state index contributed by atoms with van der Waals surface area (Å²) in [6, 6.07) is 4.93. The van der Waals surface area contributed by atoms with Crippen LogP contribution in [0.3, 0.4) is 0 Å². The summed E-state index contributed by atoms with van der Waals surface area (Å²) in [4.78, 5) is 10.2. The van der Waals surface area contributed by atoms with Gasteiger partial charge < -0.3 is 10.4 Å². The highest BCUT2D eigenvalue weighted by Crippen LogP contribution is 2.20. The predicted molar refractivity (Wildman–Crippen MR) is 62.6 cm³/mol. The fraction of sp³-hybridized carbons (Fsp3) is 0.455. The van der Waals surface area contributed by atoms with Crippen LogP contribution in [0.5, 0.6) is 0 Å². The van der Waals surface area contributed by atoms with Crippen LogP contribution in [0.2, 0.25) is 0 Å². The van der Waals surface area contributed by atoms with Gasteiger partial charge in [0.05, 0.1) is 4.92 Å². The first-order valence-electron chi connectivity index (χ1n) is 5.24. The van der Waals surface area contributed by atoms with E-state index in [-0.39, 0.29) is 12.3 Å². The largest absolute Gasteiger partial charge is 0.396 e. The Balaban J connectivity index is 2.62. The lowest BCUT2D eigenvalue weighted by atomic mass is 10.2. The lowest BCUT2D eigenvalue weighted by molar-refractivity contribution is -0.384. The lowest BCUT2D eigenvalue weighted by Gasteiger charge is -2.06. The van der Waals surface area contributed by atoms with E-state index in [4.69, 9.17) is 5.11 Å². The molecule has 0 aliphatic carbocycles. The molecule has 88 valence electrons. The van der Waals surface area contributed by atoms with Crippen molar-refractivity contribution in [2.24, 2.45) is 0 Å². The van der Waals surface area contributed by atoms with Gasteiger partial charge >= 0.3 is 0 Å². The van der Waals surface area contributed by atoms with Crippen LogP contribution >= 0.6 is 0 Å². The standard InChI is InChI=1S/C11H16N2O3/c1-9-6-10(12-4-2-3-5-14)8-11(7-9)13(15)16/h6-8,12,14H,2-5H2,1H3. The summed E-state index contributed by atoms with van der Waals surface area (Å²) in [5.41, 5.74) is 1.72. The minimum atomic E-state index is -0.397. The smallest absolute Gasteiger partial charge is 0.271 e. The number of nitro groups is 1. The third kappa shape index (κ3) is 3.86. The third-order valence-corrected chi connectivity index (χ3v) is 2.19. The maximum absolute atomic E-state index is 10.6. The van der Waals surface area contributed by atoms with Crippen LogP contribution in [0.15, 0.2) is 18.2 Å². The van der Waals surface area contributed by atoms with Gasteiger partial charge in [-0.1, -0.05) is 0 Å². The van der Waals surface area contributed by atoms with E-state index < -0.39 is 4.92 Å². The Labute approximate surface area is 94.3 Å². The Kier molecular flexibility index (Phi) is 4.72. The van der Waals surface area contributed by atoms with E-state index in [0.717, 1.165) is 24.1 Å². The number of aliphatic hydroxyl groups is 1. The number of nitrogens with one attached hydrogen (secondary N) is 1. The molecule has 0 bridgehead atoms. The quantitative estimate of drug-likeness (QED) is 0.440. The zero-order chi connectivity index (χ0) is 12.0. The Hall–Kier alpha value is -1.62. The molecular weight excluding hydrogens is 208 g/mol. The molecule has 0 heterocycles. The number of unbranched alkanes of at least 4 members (excludes halogenated alkanes) is 1. The van der Waals surface area contributed by atoms with Crippen LogP contribution < -0.4 is 5.32 Å². The highest BCUT2D eigenvalue weighted by atomic mass is 16.6. The van der Waals surface area contributed by atoms with Gasteiger partial charge in [0, 0.05) is 31.0 Å². The molecule has 0 fully saturated rings. The summed E-state index contributed by atoms with van der Waals surface area (Å²) in [7, 11) is 0. The number of hydrogen-bond acceptors (Lipinski definition) is 4. The van der Waals surface area contributed by atoms with Gasteiger partial charge in [0.25, 0.3) is 5.69 Å². The minimum Gasteiger partial charge on any atom is -0.396 e. The van der Waals surface area contributed by atoms with E-state index in [2.05, 4.69) is 5.32 Å². The van der Waals surface area contributed by atoms with Gasteiger partial charge in [-0.15, -0.1) is 0 Å². The molecule has 2 N–H and O–H groups in total. The molecule has 0 aliphatic heterocycles. The van der Waals surface area contributed by atoms with Crippen molar-refractivity contribution in [2.45, 2.75) is 19.8 Å². The van der Waals surface area contributed by atoms with E-state index in [9.17, 15) is 10.1 Å². The average molecular weight is 224 g/mol. The number of non-ortho nitro benzene ring substituents is 1. The molecule has 1 aromatic rings. The summed E-state index contributed by atoms with van der Waals surface area (Å²) >= 11 is 0. The molecule has 0 amide bonds. The Morgan fingerprint density at radius 1 is 1.38 bits per heavy atom. The lowest BCUT2D eigenvalue weighted by Crippen LogP contribution is -2.03. The second kappa shape index (κ2) is 6.07. The summed E-state index contributed by atoms with van der Waals surface area (Å²) < 4.78 is 0. The zero-order valence-electron chi connectivity index (χ0n) is 9.27. The van der Waals surface area contributed by atoms with Crippen molar-refractivity contribution in [2.75, 3.05) is 18.5 Å². The molecule has 0 atom stereocenters. The van der Waals surface area contributed by atoms with E-state index >= 15 is 0 Å². The van der Waals surface area contributed by atoms with Crippen molar-refractivity contribution in [1.82, 2.24) is 0 Å². The number of aliphatic hydroxyl groups excluding tert-OH is 1. The Morgan fingerprint density at radius 2 is 2.12 bits per heavy atom. The number of nitrogens with zero attached hydrogens (tertiary/aromatic N) is 1. The molecule has 0 aliphatic rings. The van der Waals surface area contributed by atoms with Crippen LogP contribution in [0, 0.1) is 17.0 Å². The van der Waals surface area contributed by atoms with Gasteiger partial charge in [-0.2, -0.15) is 0 Å². The van der Waals surface area contributed by atoms with E-state index in [1.54, 1.807) is 6.07 Å². The number of anilines is 1. The fourth-order valence-corrected chi connectivity index (χ4v) is 1.44. The molecule has 0 unspecified atom stereocenters. The van der Waals surface area contributed by atoms with Crippen LogP contribution in [0.4, 0.5) is 11.4 Å². The highest BCUT2D eigenvalue weighted by molar-refractivity contribution is 5.53. The van der Waals surface area contributed by atoms with Crippen LogP contribution in [0.25, 0.3) is 0 Å². The van der Waals surface area contributed by atoms with Crippen molar-refractivity contribution in [3.05, 3.63) is 33.9 Å². The topological polar surface area (TPSA) is 75.4 Å². The second-order valence-electron chi connectivity index (χ2n) is 3.67. The van der Waals surface area contributed by atoms with Crippen molar-refractivity contribution >= 4 is 11.4 Å². The third-order valence-electron chi connectivity index (χ3n) is 2.19. The van der Waals surface area contributed by atoms with Crippen molar-refractivity contribution in [3.63, 3.8) is 0 Å². The number of aryl methyl sites for hydroxylation is 1. The normalized spacial score (nSPS) is 10.1. The molecule has 1 aromatic carbocycles. The van der Waals surface area contributed by atoms with Gasteiger partial charge in [0.2, 0.25) is 0 Å². The molecular formula is C11H16N2O3. The Bertz CT molecular complexity index is 366. The predicted octanol–water partition coefficient (Wildman–Crippen LogP) is 2.09. The summed E-state index contributed by atoms with van der Waals surface area (Å²) in [5.74, 6) is 0. The number of hydrogen-bond donors (Lipinski definition) is 2. The van der Waals surface area contributed by atoms with Crippen molar-refractivity contribution in [3.8, 4) is 0 Å². The van der Waals surface area contributed by atoms with Crippen molar-refractivity contribution in [1.29, 1.82) is 0 Å². The first kappa shape index (κ1) is 12.4. The fourth-order valence-electron chi connectivity index (χ4n) is 1.44. The Morgan fingerprint density at radius 3 is 2.75 bits per heavy atom. The summed E-state index contributed by atoms with van der Waals surface area (Å²) in [6.07, 6.45) is 1.58. The highest BCUT2D eigenvalue weighted by Gasteiger charge is 2.07. The zero-order valence-corrected chi connectivity index (χ0v) is 9.27. The molecule has 1 rings (SSSR count). The van der Waals surface area contributed by atoms with Gasteiger partial charge in [-0.05, 0) is 31.4 Å². The van der Waals surface area contributed by atoms with Gasteiger partial charge in [0.1, 0.15) is 0 Å². The number of rotatable bonds is 6.